The summed E-state index contributed by atoms with van der Waals surface area (Å²) in [6, 6.07) is 10.1. The number of carbonyl (C=O) groups is 2. The zero-order valence-electron chi connectivity index (χ0n) is 13.4. The zero-order valence-corrected chi connectivity index (χ0v) is 13.4. The van der Waals surface area contributed by atoms with Gasteiger partial charge in [0.2, 0.25) is 0 Å². The van der Waals surface area contributed by atoms with Crippen LogP contribution in [0.15, 0.2) is 42.5 Å². The van der Waals surface area contributed by atoms with Crippen LogP contribution in [-0.4, -0.2) is 31.0 Å². The van der Waals surface area contributed by atoms with Gasteiger partial charge in [-0.1, -0.05) is 12.1 Å². The van der Waals surface area contributed by atoms with Crippen molar-refractivity contribution in [1.29, 1.82) is 0 Å². The standard InChI is InChI=1S/C16H15N3O6/c1-24-13-8-7-10(9-14(13)25-2)17-15(20)16(21)18-11-5-3-4-6-12(11)19(22)23/h3-9H,1-2H3,(H,17,20)(H,18,21). The van der Waals surface area contributed by atoms with E-state index in [4.69, 9.17) is 9.47 Å². The topological polar surface area (TPSA) is 120 Å². The van der Waals surface area contributed by atoms with Crippen LogP contribution in [0.4, 0.5) is 17.1 Å². The maximum atomic E-state index is 12.0. The Kier molecular flexibility index (Phi) is 5.51. The van der Waals surface area contributed by atoms with Gasteiger partial charge < -0.3 is 20.1 Å². The lowest BCUT2D eigenvalue weighted by Crippen LogP contribution is -2.29. The number of hydrogen-bond acceptors (Lipinski definition) is 6. The number of carbonyl (C=O) groups excluding carboxylic acids is 2. The molecule has 0 saturated heterocycles. The first kappa shape index (κ1) is 17.7. The predicted octanol–water partition coefficient (Wildman–Crippen LogP) is 2.19. The van der Waals surface area contributed by atoms with Crippen molar-refractivity contribution in [2.75, 3.05) is 24.9 Å². The summed E-state index contributed by atoms with van der Waals surface area (Å²) < 4.78 is 10.2. The molecule has 0 heterocycles. The summed E-state index contributed by atoms with van der Waals surface area (Å²) in [6.07, 6.45) is 0. The van der Waals surface area contributed by atoms with Crippen molar-refractivity contribution >= 4 is 28.9 Å². The van der Waals surface area contributed by atoms with Crippen LogP contribution in [0.3, 0.4) is 0 Å². The Bertz CT molecular complexity index is 821. The number of rotatable bonds is 5. The van der Waals surface area contributed by atoms with E-state index in [0.717, 1.165) is 0 Å². The lowest BCUT2D eigenvalue weighted by Gasteiger charge is -2.10. The molecule has 9 nitrogen and oxygen atoms in total. The molecule has 25 heavy (non-hydrogen) atoms. The Labute approximate surface area is 142 Å². The molecule has 0 bridgehead atoms. The maximum Gasteiger partial charge on any atom is 0.314 e. The SMILES string of the molecule is COc1ccc(NC(=O)C(=O)Nc2ccccc2[N+](=O)[O-])cc1OC. The summed E-state index contributed by atoms with van der Waals surface area (Å²) in [6.45, 7) is 0. The number of para-hydroxylation sites is 2. The minimum atomic E-state index is -1.04. The molecule has 0 saturated carbocycles. The molecule has 2 aromatic rings. The Morgan fingerprint density at radius 1 is 0.960 bits per heavy atom. The quantitative estimate of drug-likeness (QED) is 0.487. The van der Waals surface area contributed by atoms with Gasteiger partial charge in [-0.15, -0.1) is 0 Å². The second-order valence-corrected chi connectivity index (χ2v) is 4.75. The molecule has 0 spiro atoms. The molecule has 0 aliphatic carbocycles. The number of anilines is 2. The molecule has 0 aromatic heterocycles. The zero-order chi connectivity index (χ0) is 18.4. The summed E-state index contributed by atoms with van der Waals surface area (Å²) in [5, 5.41) is 15.5. The molecular formula is C16H15N3O6. The number of nitro benzene ring substituents is 1. The largest absolute Gasteiger partial charge is 0.493 e. The maximum absolute atomic E-state index is 12.0. The first-order valence-corrected chi connectivity index (χ1v) is 7.04. The van der Waals surface area contributed by atoms with Crippen LogP contribution in [0.5, 0.6) is 11.5 Å². The van der Waals surface area contributed by atoms with Crippen LogP contribution in [-0.2, 0) is 9.59 Å². The summed E-state index contributed by atoms with van der Waals surface area (Å²) in [5.74, 6) is -1.18. The van der Waals surface area contributed by atoms with E-state index in [-0.39, 0.29) is 11.4 Å². The normalized spacial score (nSPS) is 9.84. The number of nitro groups is 1. The number of ether oxygens (including phenoxy) is 2. The van der Waals surface area contributed by atoms with Gasteiger partial charge >= 0.3 is 11.8 Å². The van der Waals surface area contributed by atoms with Gasteiger partial charge in [-0.05, 0) is 18.2 Å². The number of methoxy groups -OCH3 is 2. The first-order chi connectivity index (χ1) is 12.0. The Morgan fingerprint density at radius 3 is 2.24 bits per heavy atom. The summed E-state index contributed by atoms with van der Waals surface area (Å²) >= 11 is 0. The molecule has 0 unspecified atom stereocenters. The summed E-state index contributed by atoms with van der Waals surface area (Å²) in [5.41, 5.74) is -0.0740. The van der Waals surface area contributed by atoms with Gasteiger partial charge in [0.15, 0.2) is 11.5 Å². The van der Waals surface area contributed by atoms with Gasteiger partial charge in [-0.3, -0.25) is 19.7 Å². The fourth-order valence-electron chi connectivity index (χ4n) is 2.02. The average Bonchev–Trinajstić information content (AvgIpc) is 2.61. The van der Waals surface area contributed by atoms with Gasteiger partial charge in [0, 0.05) is 17.8 Å². The van der Waals surface area contributed by atoms with Gasteiger partial charge in [0.1, 0.15) is 5.69 Å². The van der Waals surface area contributed by atoms with Crippen LogP contribution in [0, 0.1) is 10.1 Å². The van der Waals surface area contributed by atoms with Gasteiger partial charge in [0.25, 0.3) is 5.69 Å². The monoisotopic (exact) mass is 345 g/mol. The van der Waals surface area contributed by atoms with Crippen molar-refractivity contribution in [2.45, 2.75) is 0 Å². The molecule has 130 valence electrons. The molecule has 2 amide bonds. The average molecular weight is 345 g/mol. The van der Waals surface area contributed by atoms with Gasteiger partial charge in [-0.2, -0.15) is 0 Å². The third-order valence-corrected chi connectivity index (χ3v) is 3.20. The van der Waals surface area contributed by atoms with Crippen molar-refractivity contribution in [3.8, 4) is 11.5 Å². The summed E-state index contributed by atoms with van der Waals surface area (Å²) in [7, 11) is 2.90. The Hall–Kier alpha value is -3.62. The third kappa shape index (κ3) is 4.22. The van der Waals surface area contributed by atoms with E-state index >= 15 is 0 Å². The number of hydrogen-bond donors (Lipinski definition) is 2. The second-order valence-electron chi connectivity index (χ2n) is 4.75. The molecule has 9 heteroatoms. The Morgan fingerprint density at radius 2 is 1.60 bits per heavy atom. The van der Waals surface area contributed by atoms with Crippen LogP contribution in [0.25, 0.3) is 0 Å². The third-order valence-electron chi connectivity index (χ3n) is 3.20. The van der Waals surface area contributed by atoms with Crippen molar-refractivity contribution in [2.24, 2.45) is 0 Å². The van der Waals surface area contributed by atoms with Crippen molar-refractivity contribution in [3.63, 3.8) is 0 Å². The van der Waals surface area contributed by atoms with E-state index in [1.165, 1.54) is 50.6 Å². The minimum absolute atomic E-state index is 0.0695. The first-order valence-electron chi connectivity index (χ1n) is 7.04. The molecule has 2 rings (SSSR count). The van der Waals surface area contributed by atoms with E-state index in [2.05, 4.69) is 10.6 Å². The van der Waals surface area contributed by atoms with E-state index in [9.17, 15) is 19.7 Å². The van der Waals surface area contributed by atoms with Crippen molar-refractivity contribution < 1.29 is 24.0 Å². The fourth-order valence-corrected chi connectivity index (χ4v) is 2.02. The van der Waals surface area contributed by atoms with Gasteiger partial charge in [0.05, 0.1) is 19.1 Å². The van der Waals surface area contributed by atoms with Crippen LogP contribution < -0.4 is 20.1 Å². The molecule has 0 radical (unpaired) electrons. The van der Waals surface area contributed by atoms with E-state index in [1.807, 2.05) is 0 Å². The predicted molar refractivity (Wildman–Crippen MR) is 89.9 cm³/mol. The lowest BCUT2D eigenvalue weighted by molar-refractivity contribution is -0.383. The highest BCUT2D eigenvalue weighted by atomic mass is 16.6. The van der Waals surface area contributed by atoms with Crippen molar-refractivity contribution in [1.82, 2.24) is 0 Å². The van der Waals surface area contributed by atoms with Crippen molar-refractivity contribution in [3.05, 3.63) is 52.6 Å². The highest BCUT2D eigenvalue weighted by molar-refractivity contribution is 6.43. The number of nitrogens with zero attached hydrogens (tertiary/aromatic N) is 1. The number of benzene rings is 2. The number of amides is 2. The minimum Gasteiger partial charge on any atom is -0.493 e. The van der Waals surface area contributed by atoms with Crippen LogP contribution in [0.2, 0.25) is 0 Å². The molecule has 0 fully saturated rings. The van der Waals surface area contributed by atoms with Gasteiger partial charge in [-0.25, -0.2) is 0 Å². The molecule has 2 aromatic carbocycles. The summed E-state index contributed by atoms with van der Waals surface area (Å²) in [4.78, 5) is 34.2. The highest BCUT2D eigenvalue weighted by Crippen LogP contribution is 2.29. The van der Waals surface area contributed by atoms with E-state index < -0.39 is 16.7 Å². The molecular weight excluding hydrogens is 330 g/mol. The van der Waals surface area contributed by atoms with Crippen LogP contribution >= 0.6 is 0 Å². The molecule has 0 aliphatic heterocycles. The van der Waals surface area contributed by atoms with E-state index in [0.29, 0.717) is 17.2 Å². The molecule has 0 aliphatic rings. The second kappa shape index (κ2) is 7.77. The lowest BCUT2D eigenvalue weighted by atomic mass is 10.2. The number of nitrogens with one attached hydrogen (secondary N) is 2. The van der Waals surface area contributed by atoms with Crippen LogP contribution in [0.1, 0.15) is 0 Å². The molecule has 2 N–H and O–H groups in total. The molecule has 0 atom stereocenters. The Balaban J connectivity index is 2.11. The van der Waals surface area contributed by atoms with E-state index in [1.54, 1.807) is 6.07 Å². The smallest absolute Gasteiger partial charge is 0.314 e. The highest BCUT2D eigenvalue weighted by Gasteiger charge is 2.20. The fraction of sp³-hybridized carbons (Fsp3) is 0.125.